The van der Waals surface area contributed by atoms with Crippen molar-refractivity contribution in [3.05, 3.63) is 0 Å². The maximum Gasteiger partial charge on any atom is 0.245 e. The van der Waals surface area contributed by atoms with E-state index in [0.717, 1.165) is 25.8 Å². The lowest BCUT2D eigenvalue weighted by atomic mass is 9.98. The first-order valence-corrected chi connectivity index (χ1v) is 7.03. The first-order chi connectivity index (χ1) is 9.25. The van der Waals surface area contributed by atoms with Crippen molar-refractivity contribution >= 4 is 11.8 Å². The van der Waals surface area contributed by atoms with E-state index in [-0.39, 0.29) is 30.5 Å². The molecule has 3 heterocycles. The van der Waals surface area contributed by atoms with Crippen molar-refractivity contribution in [2.45, 2.75) is 31.4 Å². The molecule has 0 N–H and O–H groups in total. The molecule has 0 spiro atoms. The molecule has 0 aromatic carbocycles. The van der Waals surface area contributed by atoms with E-state index in [1.165, 1.54) is 0 Å². The van der Waals surface area contributed by atoms with Gasteiger partial charge in [0.15, 0.2) is 0 Å². The maximum atomic E-state index is 12.4. The number of piperazine rings is 1. The second-order valence-electron chi connectivity index (χ2n) is 5.39. The molecule has 2 unspecified atom stereocenters. The largest absolute Gasteiger partial charge is 0.376 e. The van der Waals surface area contributed by atoms with Gasteiger partial charge >= 0.3 is 0 Å². The SMILES string of the molecule is O=C1C2CCCCN2C(=O)CN1CC1COCCO1. The number of amides is 2. The van der Waals surface area contributed by atoms with E-state index in [0.29, 0.717) is 26.4 Å². The second kappa shape index (κ2) is 5.46. The Labute approximate surface area is 112 Å². The molecule has 3 fully saturated rings. The molecule has 106 valence electrons. The van der Waals surface area contributed by atoms with E-state index in [9.17, 15) is 9.59 Å². The fourth-order valence-electron chi connectivity index (χ4n) is 3.07. The zero-order valence-electron chi connectivity index (χ0n) is 11.0. The van der Waals surface area contributed by atoms with E-state index in [1.807, 2.05) is 0 Å². The Kier molecular flexibility index (Phi) is 3.70. The lowest BCUT2D eigenvalue weighted by Gasteiger charge is -2.43. The summed E-state index contributed by atoms with van der Waals surface area (Å²) in [6.07, 6.45) is 2.73. The molecule has 2 atom stereocenters. The van der Waals surface area contributed by atoms with Gasteiger partial charge in [-0.05, 0) is 19.3 Å². The number of carbonyl (C=O) groups is 2. The number of hydrogen-bond donors (Lipinski definition) is 0. The number of fused-ring (bicyclic) bond motifs is 1. The highest BCUT2D eigenvalue weighted by Gasteiger charge is 2.41. The molecule has 0 aromatic heterocycles. The zero-order chi connectivity index (χ0) is 13.2. The van der Waals surface area contributed by atoms with Crippen LogP contribution in [0.5, 0.6) is 0 Å². The third-order valence-corrected chi connectivity index (χ3v) is 4.05. The van der Waals surface area contributed by atoms with Crippen LogP contribution in [0.4, 0.5) is 0 Å². The van der Waals surface area contributed by atoms with Gasteiger partial charge in [0.25, 0.3) is 0 Å². The monoisotopic (exact) mass is 268 g/mol. The number of nitrogens with zero attached hydrogens (tertiary/aromatic N) is 2. The summed E-state index contributed by atoms with van der Waals surface area (Å²) in [5.74, 6) is 0.148. The highest BCUT2D eigenvalue weighted by molar-refractivity contribution is 5.95. The predicted molar refractivity (Wildman–Crippen MR) is 66.5 cm³/mol. The van der Waals surface area contributed by atoms with Gasteiger partial charge in [-0.3, -0.25) is 9.59 Å². The predicted octanol–water partition coefficient (Wildman–Crippen LogP) is -0.375. The van der Waals surface area contributed by atoms with E-state index < -0.39 is 0 Å². The third-order valence-electron chi connectivity index (χ3n) is 4.05. The summed E-state index contributed by atoms with van der Waals surface area (Å²) < 4.78 is 10.9. The number of ether oxygens (including phenoxy) is 2. The summed E-state index contributed by atoms with van der Waals surface area (Å²) in [5.41, 5.74) is 0. The van der Waals surface area contributed by atoms with Crippen molar-refractivity contribution in [2.75, 3.05) is 39.5 Å². The average Bonchev–Trinajstić information content (AvgIpc) is 2.46. The van der Waals surface area contributed by atoms with Crippen LogP contribution in [-0.4, -0.2) is 73.2 Å². The van der Waals surface area contributed by atoms with E-state index >= 15 is 0 Å². The highest BCUT2D eigenvalue weighted by Crippen LogP contribution is 2.23. The molecule has 0 aliphatic carbocycles. The minimum atomic E-state index is -0.237. The van der Waals surface area contributed by atoms with Crippen molar-refractivity contribution in [3.63, 3.8) is 0 Å². The van der Waals surface area contributed by atoms with Gasteiger partial charge in [0.1, 0.15) is 6.04 Å². The summed E-state index contributed by atoms with van der Waals surface area (Å²) >= 11 is 0. The summed E-state index contributed by atoms with van der Waals surface area (Å²) in [4.78, 5) is 27.9. The maximum absolute atomic E-state index is 12.4. The fraction of sp³-hybridized carbons (Fsp3) is 0.846. The van der Waals surface area contributed by atoms with Crippen LogP contribution in [0, 0.1) is 0 Å². The summed E-state index contributed by atoms with van der Waals surface area (Å²) in [7, 11) is 0. The van der Waals surface area contributed by atoms with Crippen LogP contribution < -0.4 is 0 Å². The Morgan fingerprint density at radius 3 is 2.89 bits per heavy atom. The standard InChI is InChI=1S/C13H20N2O4/c16-12-8-14(7-10-9-18-5-6-19-10)13(17)11-3-1-2-4-15(11)12/h10-11H,1-9H2. The summed E-state index contributed by atoms with van der Waals surface area (Å²) in [6.45, 7) is 3.07. The van der Waals surface area contributed by atoms with Crippen molar-refractivity contribution in [3.8, 4) is 0 Å². The molecular weight excluding hydrogens is 248 g/mol. The number of carbonyl (C=O) groups excluding carboxylic acids is 2. The van der Waals surface area contributed by atoms with Crippen LogP contribution >= 0.6 is 0 Å². The Morgan fingerprint density at radius 1 is 1.21 bits per heavy atom. The average molecular weight is 268 g/mol. The van der Waals surface area contributed by atoms with Gasteiger partial charge in [0.2, 0.25) is 11.8 Å². The summed E-state index contributed by atoms with van der Waals surface area (Å²) in [5, 5.41) is 0. The Hall–Kier alpha value is -1.14. The van der Waals surface area contributed by atoms with Gasteiger partial charge in [-0.25, -0.2) is 0 Å². The molecule has 6 nitrogen and oxygen atoms in total. The molecule has 0 radical (unpaired) electrons. The van der Waals surface area contributed by atoms with Crippen LogP contribution in [-0.2, 0) is 19.1 Å². The van der Waals surface area contributed by atoms with Crippen molar-refractivity contribution in [2.24, 2.45) is 0 Å². The van der Waals surface area contributed by atoms with Gasteiger partial charge in [0.05, 0.1) is 32.5 Å². The van der Waals surface area contributed by atoms with Crippen LogP contribution in [0.2, 0.25) is 0 Å². The van der Waals surface area contributed by atoms with E-state index in [1.54, 1.807) is 9.80 Å². The fourth-order valence-corrected chi connectivity index (χ4v) is 3.07. The minimum Gasteiger partial charge on any atom is -0.376 e. The molecule has 3 aliphatic rings. The molecule has 0 saturated carbocycles. The Morgan fingerprint density at radius 2 is 2.11 bits per heavy atom. The second-order valence-corrected chi connectivity index (χ2v) is 5.39. The van der Waals surface area contributed by atoms with Gasteiger partial charge in [-0.1, -0.05) is 0 Å². The first-order valence-electron chi connectivity index (χ1n) is 7.03. The van der Waals surface area contributed by atoms with Crippen molar-refractivity contribution in [1.82, 2.24) is 9.80 Å². The van der Waals surface area contributed by atoms with Crippen molar-refractivity contribution < 1.29 is 19.1 Å². The van der Waals surface area contributed by atoms with Gasteiger partial charge in [-0.15, -0.1) is 0 Å². The molecule has 3 aliphatic heterocycles. The minimum absolute atomic E-state index is 0.0704. The van der Waals surface area contributed by atoms with Gasteiger partial charge in [-0.2, -0.15) is 0 Å². The number of rotatable bonds is 2. The molecule has 6 heteroatoms. The van der Waals surface area contributed by atoms with E-state index in [4.69, 9.17) is 9.47 Å². The van der Waals surface area contributed by atoms with Crippen molar-refractivity contribution in [1.29, 1.82) is 0 Å². The molecule has 3 rings (SSSR count). The van der Waals surface area contributed by atoms with Crippen LogP contribution in [0.3, 0.4) is 0 Å². The highest BCUT2D eigenvalue weighted by atomic mass is 16.6. The molecular formula is C13H20N2O4. The smallest absolute Gasteiger partial charge is 0.245 e. The van der Waals surface area contributed by atoms with Gasteiger partial charge in [0, 0.05) is 13.1 Å². The quantitative estimate of drug-likeness (QED) is 0.685. The Bertz CT molecular complexity index is 368. The van der Waals surface area contributed by atoms with Crippen LogP contribution in [0.25, 0.3) is 0 Å². The lowest BCUT2D eigenvalue weighted by Crippen LogP contribution is -2.62. The molecule has 2 amide bonds. The molecule has 19 heavy (non-hydrogen) atoms. The first kappa shape index (κ1) is 12.9. The van der Waals surface area contributed by atoms with E-state index in [2.05, 4.69) is 0 Å². The van der Waals surface area contributed by atoms with Crippen LogP contribution in [0.1, 0.15) is 19.3 Å². The molecule has 0 aromatic rings. The summed E-state index contributed by atoms with van der Waals surface area (Å²) in [6, 6.07) is -0.237. The molecule has 3 saturated heterocycles. The number of piperidine rings is 1. The Balaban J connectivity index is 1.65. The zero-order valence-corrected chi connectivity index (χ0v) is 11.0. The molecule has 0 bridgehead atoms. The topological polar surface area (TPSA) is 59.1 Å². The lowest BCUT2D eigenvalue weighted by molar-refractivity contribution is -0.162. The normalized spacial score (nSPS) is 32.4. The number of hydrogen-bond acceptors (Lipinski definition) is 4. The third kappa shape index (κ3) is 2.60. The van der Waals surface area contributed by atoms with Gasteiger partial charge < -0.3 is 19.3 Å². The van der Waals surface area contributed by atoms with Crippen LogP contribution in [0.15, 0.2) is 0 Å².